The Bertz CT molecular complexity index is 1040. The molecule has 0 spiro atoms. The van der Waals surface area contributed by atoms with E-state index in [2.05, 4.69) is 60.5 Å². The predicted molar refractivity (Wildman–Crippen MR) is 145 cm³/mol. The number of carbonyl (C=O) groups excluding carboxylic acids is 1. The number of hydrogen-bond donors (Lipinski definition) is 0. The largest absolute Gasteiger partial charge is 0.379 e. The monoisotopic (exact) mass is 523 g/mol. The number of hydrogen-bond acceptors (Lipinski definition) is 7. The quantitative estimate of drug-likeness (QED) is 0.340. The number of nitrogens with zero attached hydrogens (tertiary/aromatic N) is 3. The number of morpholine rings is 1. The molecule has 178 valence electrons. The van der Waals surface area contributed by atoms with Gasteiger partial charge in [-0.25, -0.2) is 4.98 Å². The molecule has 2 aromatic carbocycles. The lowest BCUT2D eigenvalue weighted by Crippen LogP contribution is -2.43. The molecule has 1 aliphatic heterocycles. The first-order valence-corrected chi connectivity index (χ1v) is 13.9. The van der Waals surface area contributed by atoms with Crippen LogP contribution in [0.1, 0.15) is 12.0 Å². The second-order valence-corrected chi connectivity index (χ2v) is 10.7. The minimum Gasteiger partial charge on any atom is -0.379 e. The Morgan fingerprint density at radius 3 is 2.67 bits per heavy atom. The molecule has 5 nitrogen and oxygen atoms in total. The van der Waals surface area contributed by atoms with Crippen molar-refractivity contribution in [2.45, 2.75) is 23.1 Å². The molecule has 1 fully saturated rings. The second-order valence-electron chi connectivity index (χ2n) is 7.71. The summed E-state index contributed by atoms with van der Waals surface area (Å²) in [6.45, 7) is 6.95. The molecule has 4 rings (SSSR count). The van der Waals surface area contributed by atoms with E-state index in [4.69, 9.17) is 9.72 Å². The predicted octanol–water partition coefficient (Wildman–Crippen LogP) is 5.60. The van der Waals surface area contributed by atoms with E-state index in [9.17, 15) is 4.79 Å². The number of aromatic nitrogens is 1. The SMILES string of the molecule is CSc1cccc2sc(N(CCN3CCOCC3)C(=O)CCSc3ccc(C)cc3)nc12.Cl. The highest BCUT2D eigenvalue weighted by Crippen LogP contribution is 2.34. The van der Waals surface area contributed by atoms with Crippen molar-refractivity contribution >= 4 is 68.5 Å². The van der Waals surface area contributed by atoms with Crippen molar-refractivity contribution in [1.82, 2.24) is 9.88 Å². The molecule has 0 unspecified atom stereocenters. The number of amides is 1. The number of halogens is 1. The van der Waals surface area contributed by atoms with Crippen LogP contribution in [-0.2, 0) is 9.53 Å². The van der Waals surface area contributed by atoms with Crippen LogP contribution in [0.5, 0.6) is 0 Å². The van der Waals surface area contributed by atoms with E-state index in [0.29, 0.717) is 13.0 Å². The zero-order chi connectivity index (χ0) is 22.3. The second kappa shape index (κ2) is 13.0. The Hall–Kier alpha value is -1.29. The fraction of sp³-hybridized carbons (Fsp3) is 0.417. The van der Waals surface area contributed by atoms with Crippen molar-refractivity contribution in [3.8, 4) is 0 Å². The third-order valence-electron chi connectivity index (χ3n) is 5.47. The number of fused-ring (bicyclic) bond motifs is 1. The van der Waals surface area contributed by atoms with E-state index in [-0.39, 0.29) is 18.3 Å². The van der Waals surface area contributed by atoms with Gasteiger partial charge in [-0.3, -0.25) is 14.6 Å². The van der Waals surface area contributed by atoms with Crippen LogP contribution < -0.4 is 4.90 Å². The summed E-state index contributed by atoms with van der Waals surface area (Å²) in [5.74, 6) is 0.902. The summed E-state index contributed by atoms with van der Waals surface area (Å²) in [4.78, 5) is 24.8. The molecule has 0 radical (unpaired) electrons. The molecule has 3 aromatic rings. The van der Waals surface area contributed by atoms with Gasteiger partial charge in [0, 0.05) is 48.1 Å². The molecule has 0 atom stereocenters. The van der Waals surface area contributed by atoms with E-state index < -0.39 is 0 Å². The molecule has 1 saturated heterocycles. The zero-order valence-electron chi connectivity index (χ0n) is 19.0. The Morgan fingerprint density at radius 2 is 1.94 bits per heavy atom. The van der Waals surface area contributed by atoms with Gasteiger partial charge in [0.2, 0.25) is 5.91 Å². The Kier molecular flexibility index (Phi) is 10.3. The van der Waals surface area contributed by atoms with Crippen LogP contribution >= 0.6 is 47.3 Å². The lowest BCUT2D eigenvalue weighted by atomic mass is 10.2. The third-order valence-corrected chi connectivity index (χ3v) is 8.30. The molecular weight excluding hydrogens is 494 g/mol. The maximum Gasteiger partial charge on any atom is 0.229 e. The first-order valence-electron chi connectivity index (χ1n) is 10.9. The summed E-state index contributed by atoms with van der Waals surface area (Å²) in [5, 5.41) is 0.806. The molecule has 2 heterocycles. The molecule has 9 heteroatoms. The minimum atomic E-state index is 0. The number of ether oxygens (including phenoxy) is 1. The number of benzene rings is 2. The average Bonchev–Trinajstić information content (AvgIpc) is 3.25. The highest BCUT2D eigenvalue weighted by Gasteiger charge is 2.22. The summed E-state index contributed by atoms with van der Waals surface area (Å²) in [6, 6.07) is 14.7. The van der Waals surface area contributed by atoms with Crippen LogP contribution in [0.25, 0.3) is 10.2 Å². The van der Waals surface area contributed by atoms with Gasteiger partial charge in [0.15, 0.2) is 5.13 Å². The molecule has 0 N–H and O–H groups in total. The fourth-order valence-corrected chi connectivity index (χ4v) is 6.12. The third kappa shape index (κ3) is 7.10. The Morgan fingerprint density at radius 1 is 1.18 bits per heavy atom. The molecule has 0 aliphatic carbocycles. The van der Waals surface area contributed by atoms with Gasteiger partial charge in [-0.1, -0.05) is 35.1 Å². The Balaban J connectivity index is 0.00000306. The first-order chi connectivity index (χ1) is 15.6. The minimum absolute atomic E-state index is 0. The van der Waals surface area contributed by atoms with Gasteiger partial charge in [-0.15, -0.1) is 35.9 Å². The first kappa shape index (κ1) is 26.3. The number of aryl methyl sites for hydroxylation is 1. The fourth-order valence-electron chi connectivity index (χ4n) is 3.61. The van der Waals surface area contributed by atoms with E-state index in [0.717, 1.165) is 58.8 Å². The number of rotatable bonds is 9. The standard InChI is InChI=1S/C24H29N3O2S3.ClH/c1-18-6-8-19(9-7-18)31-17-10-22(28)27(12-11-26-13-15-29-16-14-26)24-25-23-20(30-2)4-3-5-21(23)32-24;/h3-9H,10-17H2,1-2H3;1H. The average molecular weight is 524 g/mol. The lowest BCUT2D eigenvalue weighted by Gasteiger charge is -2.29. The smallest absolute Gasteiger partial charge is 0.229 e. The summed E-state index contributed by atoms with van der Waals surface area (Å²) in [5.41, 5.74) is 2.25. The number of anilines is 1. The van der Waals surface area contributed by atoms with Gasteiger partial charge in [0.25, 0.3) is 0 Å². The van der Waals surface area contributed by atoms with Gasteiger partial charge < -0.3 is 4.74 Å². The maximum atomic E-state index is 13.3. The number of thiazole rings is 1. The highest BCUT2D eigenvalue weighted by atomic mass is 35.5. The number of para-hydroxylation sites is 1. The van der Waals surface area contributed by atoms with Crippen molar-refractivity contribution in [3.63, 3.8) is 0 Å². The summed E-state index contributed by atoms with van der Waals surface area (Å²) < 4.78 is 6.60. The summed E-state index contributed by atoms with van der Waals surface area (Å²) in [7, 11) is 0. The number of thioether (sulfide) groups is 2. The normalized spacial score (nSPS) is 14.2. The Labute approximate surface area is 214 Å². The van der Waals surface area contributed by atoms with Crippen LogP contribution in [0.3, 0.4) is 0 Å². The van der Waals surface area contributed by atoms with Crippen LogP contribution in [0, 0.1) is 6.92 Å². The van der Waals surface area contributed by atoms with Gasteiger partial charge in [-0.2, -0.15) is 0 Å². The van der Waals surface area contributed by atoms with Crippen molar-refractivity contribution in [3.05, 3.63) is 48.0 Å². The van der Waals surface area contributed by atoms with Crippen LogP contribution in [0.15, 0.2) is 52.3 Å². The van der Waals surface area contributed by atoms with E-state index in [1.54, 1.807) is 34.9 Å². The molecular formula is C24H30ClN3O2S3. The van der Waals surface area contributed by atoms with Crippen molar-refractivity contribution < 1.29 is 9.53 Å². The van der Waals surface area contributed by atoms with Gasteiger partial charge in [-0.05, 0) is 37.4 Å². The van der Waals surface area contributed by atoms with Crippen LogP contribution in [0.4, 0.5) is 5.13 Å². The van der Waals surface area contributed by atoms with E-state index >= 15 is 0 Å². The molecule has 1 aliphatic rings. The molecule has 33 heavy (non-hydrogen) atoms. The molecule has 1 aromatic heterocycles. The topological polar surface area (TPSA) is 45.7 Å². The van der Waals surface area contributed by atoms with Gasteiger partial charge in [0.05, 0.1) is 23.4 Å². The van der Waals surface area contributed by atoms with Crippen molar-refractivity contribution in [2.75, 3.05) is 56.3 Å². The van der Waals surface area contributed by atoms with Gasteiger partial charge >= 0.3 is 0 Å². The zero-order valence-corrected chi connectivity index (χ0v) is 22.3. The van der Waals surface area contributed by atoms with Gasteiger partial charge in [0.1, 0.15) is 0 Å². The van der Waals surface area contributed by atoms with Crippen molar-refractivity contribution in [1.29, 1.82) is 0 Å². The summed E-state index contributed by atoms with van der Waals surface area (Å²) in [6.07, 6.45) is 2.56. The van der Waals surface area contributed by atoms with E-state index in [1.807, 2.05) is 4.90 Å². The maximum absolute atomic E-state index is 13.3. The summed E-state index contributed by atoms with van der Waals surface area (Å²) >= 11 is 5.04. The lowest BCUT2D eigenvalue weighted by molar-refractivity contribution is -0.118. The van der Waals surface area contributed by atoms with E-state index in [1.165, 1.54) is 10.5 Å². The van der Waals surface area contributed by atoms with Crippen molar-refractivity contribution in [2.24, 2.45) is 0 Å². The van der Waals surface area contributed by atoms with Crippen LogP contribution in [-0.4, -0.2) is 67.2 Å². The number of carbonyl (C=O) groups is 1. The highest BCUT2D eigenvalue weighted by molar-refractivity contribution is 7.99. The molecule has 1 amide bonds. The molecule has 0 saturated carbocycles. The molecule has 0 bridgehead atoms. The van der Waals surface area contributed by atoms with Crippen LogP contribution in [0.2, 0.25) is 0 Å².